The zero-order valence-corrected chi connectivity index (χ0v) is 11.5. The lowest BCUT2D eigenvalue weighted by atomic mass is 9.89. The lowest BCUT2D eigenvalue weighted by Gasteiger charge is -2.40. The van der Waals surface area contributed by atoms with Gasteiger partial charge in [0.15, 0.2) is 0 Å². The third-order valence-electron chi connectivity index (χ3n) is 2.91. The summed E-state index contributed by atoms with van der Waals surface area (Å²) in [5, 5.41) is 8.93. The number of halogens is 3. The van der Waals surface area contributed by atoms with Crippen LogP contribution in [-0.4, -0.2) is 46.4 Å². The Morgan fingerprint density at radius 1 is 1.25 bits per heavy atom. The molecule has 0 bridgehead atoms. The molecule has 1 aliphatic heterocycles. The van der Waals surface area contributed by atoms with E-state index in [2.05, 4.69) is 0 Å². The number of carboxylic acid groups (broad SMARTS) is 1. The van der Waals surface area contributed by atoms with Crippen LogP contribution in [0, 0.1) is 5.92 Å². The number of carbonyl (C=O) groups is 2. The molecule has 1 heterocycles. The summed E-state index contributed by atoms with van der Waals surface area (Å²) in [7, 11) is 0. The molecule has 0 spiro atoms. The molecule has 1 N–H and O–H groups in total. The Hall–Kier alpha value is -1.47. The molecule has 2 unspecified atom stereocenters. The highest BCUT2D eigenvalue weighted by molar-refractivity contribution is 5.74. The molecule has 5 nitrogen and oxygen atoms in total. The number of ether oxygens (including phenoxy) is 1. The number of alkyl halides is 3. The van der Waals surface area contributed by atoms with Crippen LogP contribution in [0.2, 0.25) is 0 Å². The summed E-state index contributed by atoms with van der Waals surface area (Å²) in [4.78, 5) is 23.3. The highest BCUT2D eigenvalue weighted by Gasteiger charge is 2.54. The number of hydrogen-bond donors (Lipinski definition) is 1. The van der Waals surface area contributed by atoms with Crippen LogP contribution >= 0.6 is 0 Å². The van der Waals surface area contributed by atoms with Gasteiger partial charge in [0.05, 0.1) is 5.92 Å². The molecule has 0 aromatic rings. The SMILES string of the molecule is CC(C)(C)OC(=O)N1CCCC(C(=O)O)C1C(F)(F)F. The molecule has 20 heavy (non-hydrogen) atoms. The van der Waals surface area contributed by atoms with Gasteiger partial charge in [0.2, 0.25) is 0 Å². The van der Waals surface area contributed by atoms with Gasteiger partial charge in [0.25, 0.3) is 0 Å². The summed E-state index contributed by atoms with van der Waals surface area (Å²) < 4.78 is 44.2. The molecule has 1 fully saturated rings. The molecule has 0 aliphatic carbocycles. The average Bonchev–Trinajstić information content (AvgIpc) is 2.24. The number of nitrogens with zero attached hydrogens (tertiary/aromatic N) is 1. The first-order valence-electron chi connectivity index (χ1n) is 6.22. The van der Waals surface area contributed by atoms with Gasteiger partial charge in [-0.2, -0.15) is 13.2 Å². The maximum Gasteiger partial charge on any atom is 0.410 e. The Balaban J connectivity index is 3.02. The molecule has 8 heteroatoms. The molecule has 0 radical (unpaired) electrons. The van der Waals surface area contributed by atoms with Crippen molar-refractivity contribution in [3.63, 3.8) is 0 Å². The molecule has 116 valence electrons. The van der Waals surface area contributed by atoms with Crippen molar-refractivity contribution in [3.8, 4) is 0 Å². The Morgan fingerprint density at radius 2 is 1.80 bits per heavy atom. The highest BCUT2D eigenvalue weighted by Crippen LogP contribution is 2.36. The lowest BCUT2D eigenvalue weighted by molar-refractivity contribution is -0.207. The predicted molar refractivity (Wildman–Crippen MR) is 63.1 cm³/mol. The van der Waals surface area contributed by atoms with Crippen LogP contribution in [0.3, 0.4) is 0 Å². The minimum absolute atomic E-state index is 0.112. The Morgan fingerprint density at radius 3 is 2.20 bits per heavy atom. The summed E-state index contributed by atoms with van der Waals surface area (Å²) in [6, 6.07) is -2.34. The largest absolute Gasteiger partial charge is 0.481 e. The van der Waals surface area contributed by atoms with Crippen molar-refractivity contribution in [1.82, 2.24) is 4.90 Å². The number of carboxylic acids is 1. The summed E-state index contributed by atoms with van der Waals surface area (Å²) in [5.74, 6) is -3.21. The lowest BCUT2D eigenvalue weighted by Crippen LogP contribution is -2.58. The summed E-state index contributed by atoms with van der Waals surface area (Å²) in [5.41, 5.74) is -0.941. The van der Waals surface area contributed by atoms with Gasteiger partial charge in [-0.05, 0) is 33.6 Å². The second kappa shape index (κ2) is 5.49. The summed E-state index contributed by atoms with van der Waals surface area (Å²) >= 11 is 0. The van der Waals surface area contributed by atoms with Crippen molar-refractivity contribution in [2.45, 2.75) is 51.4 Å². The Bertz CT molecular complexity index is 389. The van der Waals surface area contributed by atoms with Gasteiger partial charge < -0.3 is 9.84 Å². The minimum Gasteiger partial charge on any atom is -0.481 e. The maximum atomic E-state index is 13.1. The fraction of sp³-hybridized carbons (Fsp3) is 0.833. The molecule has 1 aliphatic rings. The number of rotatable bonds is 1. The van der Waals surface area contributed by atoms with E-state index in [-0.39, 0.29) is 19.4 Å². The molecule has 1 rings (SSSR count). The summed E-state index contributed by atoms with van der Waals surface area (Å²) in [6.45, 7) is 4.44. The Labute approximate surface area is 114 Å². The highest BCUT2D eigenvalue weighted by atomic mass is 19.4. The third kappa shape index (κ3) is 4.01. The van der Waals surface area contributed by atoms with E-state index in [0.717, 1.165) is 0 Å². The zero-order chi connectivity index (χ0) is 15.7. The first kappa shape index (κ1) is 16.6. The first-order chi connectivity index (χ1) is 8.93. The first-order valence-corrected chi connectivity index (χ1v) is 6.22. The van der Waals surface area contributed by atoms with E-state index in [1.807, 2.05) is 0 Å². The standard InChI is InChI=1S/C12H18F3NO4/c1-11(2,3)20-10(19)16-6-4-5-7(9(17)18)8(16)12(13,14)15/h7-8H,4-6H2,1-3H3,(H,17,18). The van der Waals surface area contributed by atoms with Gasteiger partial charge in [-0.3, -0.25) is 9.69 Å². The Kier molecular flexibility index (Phi) is 4.55. The van der Waals surface area contributed by atoms with E-state index in [0.29, 0.717) is 4.90 Å². The van der Waals surface area contributed by atoms with Gasteiger partial charge in [-0.25, -0.2) is 4.79 Å². The molecule has 1 saturated heterocycles. The van der Waals surface area contributed by atoms with Crippen LogP contribution in [0.25, 0.3) is 0 Å². The maximum absolute atomic E-state index is 13.1. The third-order valence-corrected chi connectivity index (χ3v) is 2.91. The van der Waals surface area contributed by atoms with Crippen LogP contribution in [0.4, 0.5) is 18.0 Å². The predicted octanol–water partition coefficient (Wildman–Crippen LogP) is 2.65. The van der Waals surface area contributed by atoms with Crippen molar-refractivity contribution in [1.29, 1.82) is 0 Å². The molecule has 0 saturated carbocycles. The normalized spacial score (nSPS) is 24.4. The van der Waals surface area contributed by atoms with Crippen molar-refractivity contribution in [3.05, 3.63) is 0 Å². The van der Waals surface area contributed by atoms with E-state index in [1.54, 1.807) is 0 Å². The number of hydrogen-bond acceptors (Lipinski definition) is 3. The quantitative estimate of drug-likeness (QED) is 0.808. The molecule has 1 amide bonds. The van der Waals surface area contributed by atoms with E-state index < -0.39 is 35.8 Å². The van der Waals surface area contributed by atoms with Crippen molar-refractivity contribution >= 4 is 12.1 Å². The van der Waals surface area contributed by atoms with E-state index >= 15 is 0 Å². The average molecular weight is 297 g/mol. The molecular weight excluding hydrogens is 279 g/mol. The fourth-order valence-corrected chi connectivity index (χ4v) is 2.18. The number of piperidine rings is 1. The van der Waals surface area contributed by atoms with Gasteiger partial charge in [0, 0.05) is 6.54 Å². The van der Waals surface area contributed by atoms with E-state index in [4.69, 9.17) is 9.84 Å². The van der Waals surface area contributed by atoms with Crippen molar-refractivity contribution in [2.75, 3.05) is 6.54 Å². The van der Waals surface area contributed by atoms with Crippen molar-refractivity contribution in [2.24, 2.45) is 5.92 Å². The smallest absolute Gasteiger partial charge is 0.410 e. The second-order valence-corrected chi connectivity index (χ2v) is 5.75. The van der Waals surface area contributed by atoms with Gasteiger partial charge in [-0.1, -0.05) is 0 Å². The fourth-order valence-electron chi connectivity index (χ4n) is 2.18. The molecule has 2 atom stereocenters. The summed E-state index contributed by atoms with van der Waals surface area (Å²) in [6.07, 6.45) is -5.85. The second-order valence-electron chi connectivity index (χ2n) is 5.75. The van der Waals surface area contributed by atoms with Crippen molar-refractivity contribution < 1.29 is 32.6 Å². The number of amides is 1. The van der Waals surface area contributed by atoms with Gasteiger partial charge in [0.1, 0.15) is 11.6 Å². The van der Waals surface area contributed by atoms with Crippen LogP contribution in [0.5, 0.6) is 0 Å². The topological polar surface area (TPSA) is 66.8 Å². The van der Waals surface area contributed by atoms with Crippen LogP contribution < -0.4 is 0 Å². The van der Waals surface area contributed by atoms with Crippen LogP contribution in [-0.2, 0) is 9.53 Å². The van der Waals surface area contributed by atoms with E-state index in [9.17, 15) is 22.8 Å². The molecular formula is C12H18F3NO4. The zero-order valence-electron chi connectivity index (χ0n) is 11.5. The van der Waals surface area contributed by atoms with Crippen LogP contribution in [0.1, 0.15) is 33.6 Å². The van der Waals surface area contributed by atoms with Gasteiger partial charge >= 0.3 is 18.2 Å². The molecule has 0 aromatic carbocycles. The van der Waals surface area contributed by atoms with Gasteiger partial charge in [-0.15, -0.1) is 0 Å². The number of carbonyl (C=O) groups excluding carboxylic acids is 1. The minimum atomic E-state index is -4.81. The number of aliphatic carboxylic acids is 1. The molecule has 0 aromatic heterocycles. The monoisotopic (exact) mass is 297 g/mol. The van der Waals surface area contributed by atoms with Crippen LogP contribution in [0.15, 0.2) is 0 Å². The number of likely N-dealkylation sites (tertiary alicyclic amines) is 1. The van der Waals surface area contributed by atoms with E-state index in [1.165, 1.54) is 20.8 Å².